The zero-order chi connectivity index (χ0) is 37.5. The van der Waals surface area contributed by atoms with E-state index in [0.717, 1.165) is 72.5 Å². The molecule has 55 heavy (non-hydrogen) atoms. The summed E-state index contributed by atoms with van der Waals surface area (Å²) in [5.41, 5.74) is 13.2. The quantitative estimate of drug-likeness (QED) is 0.161. The van der Waals surface area contributed by atoms with Gasteiger partial charge in [-0.25, -0.2) is 19.8 Å². The lowest BCUT2D eigenvalue weighted by molar-refractivity contribution is 0.660. The smallest absolute Gasteiger partial charge is 0.196 e. The molecule has 0 saturated heterocycles. The molecule has 0 fully saturated rings. The molecular weight excluding hydrogens is 673 g/mol. The van der Waals surface area contributed by atoms with Crippen molar-refractivity contribution in [2.75, 3.05) is 0 Å². The second kappa shape index (κ2) is 13.5. The maximum absolute atomic E-state index is 9.75. The molecule has 8 aromatic rings. The fourth-order valence-corrected chi connectivity index (χ4v) is 7.56. The van der Waals surface area contributed by atoms with Gasteiger partial charge in [-0.1, -0.05) is 117 Å². The molecule has 9 rings (SSSR count). The lowest BCUT2D eigenvalue weighted by atomic mass is 9.81. The molecule has 0 radical (unpaired) electrons. The lowest BCUT2D eigenvalue weighted by Gasteiger charge is -2.22. The summed E-state index contributed by atoms with van der Waals surface area (Å²) < 4.78 is 0. The van der Waals surface area contributed by atoms with Crippen LogP contribution in [0.5, 0.6) is 0 Å². The maximum Gasteiger partial charge on any atom is 0.196 e. The zero-order valence-electron chi connectivity index (χ0n) is 30.2. The average molecular weight is 705 g/mol. The molecule has 0 atom stereocenters. The standard InChI is InChI=1S/C49H32N6/c1-49(2)41-29-36(21-22-40(41)45-42(49)24-31(30-50)25-44(45)51-3)37-26-38(43-16-10-11-23-52-43)28-39(27-37)48-54-46(34-14-8-5-9-15-34)53-47(55-48)35-19-17-33(18-20-35)32-12-6-4-7-13-32/h4-29H,1-2H3. The number of hydrogen-bond donors (Lipinski definition) is 0. The first-order valence-corrected chi connectivity index (χ1v) is 18.1. The van der Waals surface area contributed by atoms with Gasteiger partial charge in [0, 0.05) is 39.4 Å². The SMILES string of the molecule is [C-]#[N+]c1cc(C#N)cc2c1-c1ccc(-c3cc(-c4ccccn4)cc(-c4nc(-c5ccccc5)nc(-c5ccc(-c6ccccc6)cc5)n4)c3)cc1C2(C)C. The Morgan fingerprint density at radius 2 is 1.09 bits per heavy atom. The Morgan fingerprint density at radius 3 is 1.75 bits per heavy atom. The van der Waals surface area contributed by atoms with Gasteiger partial charge < -0.3 is 0 Å². The van der Waals surface area contributed by atoms with Gasteiger partial charge in [0.05, 0.1) is 18.3 Å². The van der Waals surface area contributed by atoms with Crippen LogP contribution >= 0.6 is 0 Å². The molecule has 0 saturated carbocycles. The molecule has 0 N–H and O–H groups in total. The minimum atomic E-state index is -0.418. The van der Waals surface area contributed by atoms with Gasteiger partial charge >= 0.3 is 0 Å². The third-order valence-corrected chi connectivity index (χ3v) is 10.4. The molecule has 0 amide bonds. The van der Waals surface area contributed by atoms with Gasteiger partial charge in [-0.05, 0) is 93.0 Å². The minimum absolute atomic E-state index is 0.418. The number of aromatic nitrogens is 4. The van der Waals surface area contributed by atoms with Crippen molar-refractivity contribution >= 4 is 5.69 Å². The van der Waals surface area contributed by atoms with Crippen molar-refractivity contribution in [2.45, 2.75) is 19.3 Å². The molecule has 6 aromatic carbocycles. The predicted octanol–water partition coefficient (Wildman–Crippen LogP) is 12.0. The molecule has 0 unspecified atom stereocenters. The number of hydrogen-bond acceptors (Lipinski definition) is 5. The van der Waals surface area contributed by atoms with Crippen LogP contribution in [0, 0.1) is 17.9 Å². The zero-order valence-corrected chi connectivity index (χ0v) is 30.2. The lowest BCUT2D eigenvalue weighted by Crippen LogP contribution is -2.15. The highest BCUT2D eigenvalue weighted by Gasteiger charge is 2.37. The van der Waals surface area contributed by atoms with Crippen molar-refractivity contribution in [1.29, 1.82) is 5.26 Å². The van der Waals surface area contributed by atoms with Crippen LogP contribution in [-0.2, 0) is 5.41 Å². The molecule has 0 spiro atoms. The Kier molecular flexibility index (Phi) is 8.15. The van der Waals surface area contributed by atoms with Crippen LogP contribution in [-0.4, -0.2) is 19.9 Å². The molecule has 6 heteroatoms. The Hall–Kier alpha value is -7.54. The van der Waals surface area contributed by atoms with Crippen molar-refractivity contribution in [1.82, 2.24) is 19.9 Å². The first-order valence-electron chi connectivity index (χ1n) is 18.1. The Labute approximate surface area is 320 Å². The van der Waals surface area contributed by atoms with Gasteiger partial charge in [0.25, 0.3) is 0 Å². The normalized spacial score (nSPS) is 12.3. The topological polar surface area (TPSA) is 79.7 Å². The molecule has 1 aliphatic rings. The largest absolute Gasteiger partial charge is 0.256 e. The number of nitrogens with zero attached hydrogens (tertiary/aromatic N) is 6. The van der Waals surface area contributed by atoms with Crippen molar-refractivity contribution in [2.24, 2.45) is 0 Å². The third-order valence-electron chi connectivity index (χ3n) is 10.4. The second-order valence-corrected chi connectivity index (χ2v) is 14.2. The van der Waals surface area contributed by atoms with Crippen molar-refractivity contribution < 1.29 is 0 Å². The molecule has 0 bridgehead atoms. The van der Waals surface area contributed by atoms with Crippen molar-refractivity contribution in [3.05, 3.63) is 186 Å². The van der Waals surface area contributed by atoms with E-state index in [1.54, 1.807) is 12.3 Å². The van der Waals surface area contributed by atoms with Gasteiger partial charge in [0.2, 0.25) is 0 Å². The van der Waals surface area contributed by atoms with Crippen LogP contribution < -0.4 is 0 Å². The van der Waals surface area contributed by atoms with Gasteiger partial charge in [0.15, 0.2) is 23.2 Å². The monoisotopic (exact) mass is 704 g/mol. The Morgan fingerprint density at radius 1 is 0.527 bits per heavy atom. The Bertz CT molecular complexity index is 2830. The van der Waals surface area contributed by atoms with Crippen LogP contribution in [0.4, 0.5) is 5.69 Å². The van der Waals surface area contributed by atoms with Crippen LogP contribution in [0.15, 0.2) is 158 Å². The number of nitriles is 1. The van der Waals surface area contributed by atoms with Crippen LogP contribution in [0.1, 0.15) is 30.5 Å². The van der Waals surface area contributed by atoms with E-state index in [2.05, 4.69) is 97.6 Å². The summed E-state index contributed by atoms with van der Waals surface area (Å²) in [6.45, 7) is 12.2. The van der Waals surface area contributed by atoms with Gasteiger partial charge in [0.1, 0.15) is 0 Å². The third kappa shape index (κ3) is 6.03. The highest BCUT2D eigenvalue weighted by Crippen LogP contribution is 2.53. The van der Waals surface area contributed by atoms with E-state index in [4.69, 9.17) is 26.5 Å². The van der Waals surface area contributed by atoms with E-state index in [1.807, 2.05) is 72.8 Å². The number of benzene rings is 6. The van der Waals surface area contributed by atoms with E-state index >= 15 is 0 Å². The minimum Gasteiger partial charge on any atom is -0.256 e. The summed E-state index contributed by atoms with van der Waals surface area (Å²) in [6, 6.07) is 53.2. The van der Waals surface area contributed by atoms with E-state index in [-0.39, 0.29) is 0 Å². The number of fused-ring (bicyclic) bond motifs is 3. The Balaban J connectivity index is 1.21. The van der Waals surface area contributed by atoms with Crippen LogP contribution in [0.25, 0.3) is 83.6 Å². The highest BCUT2D eigenvalue weighted by molar-refractivity contribution is 5.92. The van der Waals surface area contributed by atoms with E-state index in [9.17, 15) is 5.26 Å². The van der Waals surface area contributed by atoms with Crippen molar-refractivity contribution in [3.8, 4) is 84.9 Å². The van der Waals surface area contributed by atoms with E-state index in [1.165, 1.54) is 0 Å². The fourth-order valence-electron chi connectivity index (χ4n) is 7.56. The van der Waals surface area contributed by atoms with Gasteiger partial charge in [-0.15, -0.1) is 0 Å². The number of pyridine rings is 1. The average Bonchev–Trinajstić information content (AvgIpc) is 3.49. The molecule has 258 valence electrons. The molecule has 6 nitrogen and oxygen atoms in total. The summed E-state index contributed by atoms with van der Waals surface area (Å²) in [5.74, 6) is 1.72. The highest BCUT2D eigenvalue weighted by atomic mass is 15.0. The van der Waals surface area contributed by atoms with Crippen LogP contribution in [0.3, 0.4) is 0 Å². The summed E-state index contributed by atoms with van der Waals surface area (Å²) in [5, 5.41) is 9.75. The number of rotatable bonds is 6. The van der Waals surface area contributed by atoms with Gasteiger partial charge in [-0.3, -0.25) is 4.98 Å². The maximum atomic E-state index is 9.75. The molecule has 2 aromatic heterocycles. The van der Waals surface area contributed by atoms with Gasteiger partial charge in [-0.2, -0.15) is 5.26 Å². The first-order chi connectivity index (χ1) is 26.9. The molecule has 0 aliphatic heterocycles. The summed E-state index contributed by atoms with van der Waals surface area (Å²) in [7, 11) is 0. The summed E-state index contributed by atoms with van der Waals surface area (Å²) in [6.07, 6.45) is 1.80. The first kappa shape index (κ1) is 33.3. The predicted molar refractivity (Wildman–Crippen MR) is 219 cm³/mol. The second-order valence-electron chi connectivity index (χ2n) is 14.2. The van der Waals surface area contributed by atoms with Crippen LogP contribution in [0.2, 0.25) is 0 Å². The molecular formula is C49H32N6. The fraction of sp³-hybridized carbons (Fsp3) is 0.0612. The summed E-state index contributed by atoms with van der Waals surface area (Å²) >= 11 is 0. The van der Waals surface area contributed by atoms with Crippen molar-refractivity contribution in [3.63, 3.8) is 0 Å². The molecule has 1 aliphatic carbocycles. The molecule has 2 heterocycles. The summed E-state index contributed by atoms with van der Waals surface area (Å²) in [4.78, 5) is 23.7. The van der Waals surface area contributed by atoms with E-state index in [0.29, 0.717) is 28.7 Å². The van der Waals surface area contributed by atoms with E-state index < -0.39 is 5.41 Å².